The van der Waals surface area contributed by atoms with Gasteiger partial charge in [0.2, 0.25) is 0 Å². The summed E-state index contributed by atoms with van der Waals surface area (Å²) in [7, 11) is 1.31. The van der Waals surface area contributed by atoms with Crippen LogP contribution in [0.4, 0.5) is 0 Å². The van der Waals surface area contributed by atoms with Crippen molar-refractivity contribution in [2.24, 2.45) is 0 Å². The first kappa shape index (κ1) is 15.6. The molecule has 0 bridgehead atoms. The third-order valence-corrected chi connectivity index (χ3v) is 3.42. The first-order valence-electron chi connectivity index (χ1n) is 7.04. The van der Waals surface area contributed by atoms with Crippen LogP contribution in [-0.2, 0) is 20.8 Å². The third kappa shape index (κ3) is 4.91. The van der Waals surface area contributed by atoms with Crippen molar-refractivity contribution in [3.63, 3.8) is 0 Å². The summed E-state index contributed by atoms with van der Waals surface area (Å²) >= 11 is 0. The molecule has 2 heterocycles. The molecule has 0 saturated carbocycles. The van der Waals surface area contributed by atoms with Crippen molar-refractivity contribution in [3.8, 4) is 0 Å². The number of Topliss-reactive ketones (excluding diaryl/α,β-unsaturated/α-hetero) is 1. The molecule has 0 radical (unpaired) electrons. The lowest BCUT2D eigenvalue weighted by atomic mass is 10.1. The number of ketones is 1. The molecule has 0 spiro atoms. The number of carbonyl (C=O) groups is 2. The number of pyridine rings is 1. The molecule has 1 aromatic rings. The Morgan fingerprint density at radius 3 is 2.67 bits per heavy atom. The van der Waals surface area contributed by atoms with Crippen LogP contribution in [0.15, 0.2) is 18.3 Å². The van der Waals surface area contributed by atoms with Gasteiger partial charge in [0.05, 0.1) is 32.4 Å². The van der Waals surface area contributed by atoms with E-state index in [2.05, 4.69) is 14.6 Å². The lowest BCUT2D eigenvalue weighted by molar-refractivity contribution is -0.140. The van der Waals surface area contributed by atoms with E-state index in [0.29, 0.717) is 5.56 Å². The molecule has 0 atom stereocenters. The normalized spacial score (nSPS) is 15.7. The zero-order valence-electron chi connectivity index (χ0n) is 12.2. The zero-order valence-corrected chi connectivity index (χ0v) is 12.2. The maximum absolute atomic E-state index is 11.9. The molecule has 114 valence electrons. The van der Waals surface area contributed by atoms with E-state index in [1.54, 1.807) is 12.3 Å². The first-order chi connectivity index (χ1) is 10.2. The minimum Gasteiger partial charge on any atom is -0.469 e. The van der Waals surface area contributed by atoms with Crippen molar-refractivity contribution < 1.29 is 19.1 Å². The van der Waals surface area contributed by atoms with Crippen molar-refractivity contribution in [2.75, 3.05) is 33.4 Å². The molecule has 0 amide bonds. The smallest absolute Gasteiger partial charge is 0.305 e. The van der Waals surface area contributed by atoms with E-state index in [1.807, 2.05) is 6.07 Å². The average molecular weight is 292 g/mol. The summed E-state index contributed by atoms with van der Waals surface area (Å²) in [5.74, 6) is -0.467. The second-order valence-corrected chi connectivity index (χ2v) is 4.93. The lowest BCUT2D eigenvalue weighted by Gasteiger charge is -2.26. The monoisotopic (exact) mass is 292 g/mol. The Bertz CT molecular complexity index is 481. The van der Waals surface area contributed by atoms with E-state index in [-0.39, 0.29) is 24.6 Å². The first-order valence-corrected chi connectivity index (χ1v) is 7.04. The van der Waals surface area contributed by atoms with Crippen LogP contribution in [0.3, 0.4) is 0 Å². The standard InChI is InChI=1S/C15H20N2O4/c1-20-15(19)5-4-14(18)12-2-3-13(16-10-12)11-17-6-8-21-9-7-17/h2-3,10H,4-9,11H2,1H3. The van der Waals surface area contributed by atoms with Gasteiger partial charge in [0.15, 0.2) is 5.78 Å². The molecule has 0 N–H and O–H groups in total. The largest absolute Gasteiger partial charge is 0.469 e. The maximum atomic E-state index is 11.9. The van der Waals surface area contributed by atoms with Crippen molar-refractivity contribution in [1.29, 1.82) is 0 Å². The fourth-order valence-electron chi connectivity index (χ4n) is 2.13. The topological polar surface area (TPSA) is 68.7 Å². The van der Waals surface area contributed by atoms with Gasteiger partial charge in [0.1, 0.15) is 0 Å². The second kappa shape index (κ2) is 7.85. The average Bonchev–Trinajstić information content (AvgIpc) is 2.54. The zero-order chi connectivity index (χ0) is 15.1. The molecule has 0 aliphatic carbocycles. The minimum absolute atomic E-state index is 0.0918. The van der Waals surface area contributed by atoms with Crippen LogP contribution in [-0.4, -0.2) is 55.0 Å². The summed E-state index contributed by atoms with van der Waals surface area (Å²) in [6.07, 6.45) is 1.83. The Hall–Kier alpha value is -1.79. The van der Waals surface area contributed by atoms with Gasteiger partial charge in [-0.1, -0.05) is 0 Å². The van der Waals surface area contributed by atoms with Crippen LogP contribution in [0.2, 0.25) is 0 Å². The molecule has 21 heavy (non-hydrogen) atoms. The van der Waals surface area contributed by atoms with Gasteiger partial charge >= 0.3 is 5.97 Å². The van der Waals surface area contributed by atoms with Crippen molar-refractivity contribution in [2.45, 2.75) is 19.4 Å². The van der Waals surface area contributed by atoms with Crippen LogP contribution < -0.4 is 0 Å². The fourth-order valence-corrected chi connectivity index (χ4v) is 2.13. The Labute approximate surface area is 124 Å². The van der Waals surface area contributed by atoms with Crippen LogP contribution in [0.1, 0.15) is 28.9 Å². The second-order valence-electron chi connectivity index (χ2n) is 4.93. The Morgan fingerprint density at radius 1 is 1.29 bits per heavy atom. The Kier molecular flexibility index (Phi) is 5.83. The molecule has 6 nitrogen and oxygen atoms in total. The predicted molar refractivity (Wildman–Crippen MR) is 75.9 cm³/mol. The Balaban J connectivity index is 1.85. The molecule has 0 unspecified atom stereocenters. The fraction of sp³-hybridized carbons (Fsp3) is 0.533. The van der Waals surface area contributed by atoms with Crippen molar-refractivity contribution in [1.82, 2.24) is 9.88 Å². The van der Waals surface area contributed by atoms with Crippen LogP contribution in [0.25, 0.3) is 0 Å². The molecular weight excluding hydrogens is 272 g/mol. The lowest BCUT2D eigenvalue weighted by Crippen LogP contribution is -2.35. The van der Waals surface area contributed by atoms with E-state index >= 15 is 0 Å². The van der Waals surface area contributed by atoms with Gasteiger partial charge in [0, 0.05) is 37.8 Å². The summed E-state index contributed by atoms with van der Waals surface area (Å²) in [4.78, 5) is 29.5. The van der Waals surface area contributed by atoms with E-state index in [4.69, 9.17) is 4.74 Å². The summed E-state index contributed by atoms with van der Waals surface area (Å²) in [5.41, 5.74) is 1.46. The SMILES string of the molecule is COC(=O)CCC(=O)c1ccc(CN2CCOCC2)nc1. The summed E-state index contributed by atoms with van der Waals surface area (Å²) in [6, 6.07) is 3.63. The molecule has 6 heteroatoms. The van der Waals surface area contributed by atoms with Gasteiger partial charge in [-0.3, -0.25) is 19.5 Å². The number of esters is 1. The quantitative estimate of drug-likeness (QED) is 0.576. The summed E-state index contributed by atoms with van der Waals surface area (Å²) < 4.78 is 9.82. The van der Waals surface area contributed by atoms with Gasteiger partial charge < -0.3 is 9.47 Å². The number of rotatable bonds is 6. The van der Waals surface area contributed by atoms with Crippen molar-refractivity contribution >= 4 is 11.8 Å². The van der Waals surface area contributed by atoms with E-state index in [9.17, 15) is 9.59 Å². The van der Waals surface area contributed by atoms with E-state index in [0.717, 1.165) is 38.5 Å². The number of hydrogen-bond acceptors (Lipinski definition) is 6. The molecule has 2 rings (SSSR count). The number of hydrogen-bond donors (Lipinski definition) is 0. The van der Waals surface area contributed by atoms with Crippen LogP contribution in [0.5, 0.6) is 0 Å². The van der Waals surface area contributed by atoms with Gasteiger partial charge in [-0.15, -0.1) is 0 Å². The highest BCUT2D eigenvalue weighted by atomic mass is 16.5. The summed E-state index contributed by atoms with van der Waals surface area (Å²) in [5, 5.41) is 0. The van der Waals surface area contributed by atoms with Gasteiger partial charge in [-0.05, 0) is 12.1 Å². The number of carbonyl (C=O) groups excluding carboxylic acids is 2. The number of nitrogens with zero attached hydrogens (tertiary/aromatic N) is 2. The minimum atomic E-state index is -0.375. The van der Waals surface area contributed by atoms with E-state index < -0.39 is 0 Å². The highest BCUT2D eigenvalue weighted by Crippen LogP contribution is 2.09. The van der Waals surface area contributed by atoms with Crippen LogP contribution in [0, 0.1) is 0 Å². The van der Waals surface area contributed by atoms with Crippen LogP contribution >= 0.6 is 0 Å². The maximum Gasteiger partial charge on any atom is 0.305 e. The van der Waals surface area contributed by atoms with Gasteiger partial charge in [-0.2, -0.15) is 0 Å². The number of aromatic nitrogens is 1. The molecule has 1 aliphatic rings. The third-order valence-electron chi connectivity index (χ3n) is 3.42. The molecular formula is C15H20N2O4. The number of morpholine rings is 1. The highest BCUT2D eigenvalue weighted by Gasteiger charge is 2.13. The summed E-state index contributed by atoms with van der Waals surface area (Å²) in [6.45, 7) is 4.08. The molecule has 1 aliphatic heterocycles. The van der Waals surface area contributed by atoms with Gasteiger partial charge in [-0.25, -0.2) is 0 Å². The van der Waals surface area contributed by atoms with Gasteiger partial charge in [0.25, 0.3) is 0 Å². The highest BCUT2D eigenvalue weighted by molar-refractivity contribution is 5.97. The molecule has 1 saturated heterocycles. The molecule has 1 fully saturated rings. The van der Waals surface area contributed by atoms with E-state index in [1.165, 1.54) is 7.11 Å². The Morgan fingerprint density at radius 2 is 2.05 bits per heavy atom. The molecule has 0 aromatic carbocycles. The number of methoxy groups -OCH3 is 1. The number of ether oxygens (including phenoxy) is 2. The predicted octanol–water partition coefficient (Wildman–Crippen LogP) is 1.05. The van der Waals surface area contributed by atoms with Crippen molar-refractivity contribution in [3.05, 3.63) is 29.6 Å². The molecule has 1 aromatic heterocycles.